The number of rotatable bonds is 10. The second kappa shape index (κ2) is 20.3. The third-order valence-electron chi connectivity index (χ3n) is 16.5. The second-order valence-electron chi connectivity index (χ2n) is 21.4. The molecular weight excluding hydrogens is 1020 g/mol. The van der Waals surface area contributed by atoms with E-state index in [4.69, 9.17) is 0 Å². The van der Waals surface area contributed by atoms with Crippen LogP contribution in [0.5, 0.6) is 0 Å². The van der Waals surface area contributed by atoms with Gasteiger partial charge in [0.2, 0.25) is 0 Å². The zero-order valence-corrected chi connectivity index (χ0v) is 45.9. The van der Waals surface area contributed by atoms with Crippen LogP contribution in [-0.2, 0) is 0 Å². The Bertz CT molecular complexity index is 4370. The Labute approximate surface area is 489 Å². The number of fused-ring (bicyclic) bond motifs is 10. The average Bonchev–Trinajstić information content (AvgIpc) is 2.22. The van der Waals surface area contributed by atoms with Crippen molar-refractivity contribution in [3.63, 3.8) is 0 Å². The number of benzene rings is 14. The highest BCUT2D eigenvalue weighted by Crippen LogP contribution is 2.58. The molecule has 0 amide bonds. The van der Waals surface area contributed by atoms with Crippen molar-refractivity contribution in [1.29, 1.82) is 0 Å². The van der Waals surface area contributed by atoms with Gasteiger partial charge < -0.3 is 29.4 Å². The van der Waals surface area contributed by atoms with E-state index >= 15 is 0 Å². The summed E-state index contributed by atoms with van der Waals surface area (Å²) in [6, 6.07) is 119. The molecule has 14 aromatic rings. The van der Waals surface area contributed by atoms with Gasteiger partial charge >= 0.3 is 0 Å². The number of nitrogens with zero attached hydrogens (tertiary/aromatic N) is 6. The summed E-state index contributed by atoms with van der Waals surface area (Å²) in [4.78, 5) is 14.5. The van der Waals surface area contributed by atoms with Crippen LogP contribution in [0.15, 0.2) is 328 Å². The molecule has 84 heavy (non-hydrogen) atoms. The van der Waals surface area contributed by atoms with Gasteiger partial charge in [-0.1, -0.05) is 170 Å². The van der Waals surface area contributed by atoms with Crippen LogP contribution in [0.1, 0.15) is 0 Å². The highest BCUT2D eigenvalue weighted by atomic mass is 15.3. The maximum absolute atomic E-state index is 2.47. The van der Waals surface area contributed by atoms with E-state index in [1.165, 1.54) is 32.3 Å². The van der Waals surface area contributed by atoms with Gasteiger partial charge in [0, 0.05) is 56.9 Å². The molecule has 14 aromatic carbocycles. The normalized spacial score (nSPS) is 12.4. The molecule has 0 unspecified atom stereocenters. The Morgan fingerprint density at radius 1 is 0.155 bits per heavy atom. The van der Waals surface area contributed by atoms with Gasteiger partial charge in [-0.05, 0) is 190 Å². The van der Waals surface area contributed by atoms with Crippen LogP contribution in [-0.4, -0.2) is 0 Å². The Morgan fingerprint density at radius 2 is 0.417 bits per heavy atom. The first kappa shape index (κ1) is 48.6. The molecular formula is C78H54N6. The number of hydrogen-bond donors (Lipinski definition) is 0. The van der Waals surface area contributed by atoms with Crippen molar-refractivity contribution in [2.45, 2.75) is 0 Å². The summed E-state index contributed by atoms with van der Waals surface area (Å²) in [7, 11) is 0. The first-order valence-corrected chi connectivity index (χ1v) is 28.7. The standard InChI is InChI=1S/C78H54N6/c1-7-25-55(26-8-1)79(56-27-9-2-10-28-56)63-45-49-75-77(53-63)81(59-33-15-5-16-34-59)71-39-21-23-41-73(71)83(75)61-43-47-67-65-37-19-20-38-66(65)68-48-44-62(52-70(68)69(67)51-61)84-74-42-24-22-40-72(74)82(60-35-17-6-18-36-60)78-54-64(46-50-76(78)84)80(57-29-11-3-12-30-57)58-31-13-4-14-32-58/h1-54H. The van der Waals surface area contributed by atoms with Gasteiger partial charge in [-0.2, -0.15) is 0 Å². The van der Waals surface area contributed by atoms with Gasteiger partial charge in [0.25, 0.3) is 0 Å². The number of anilines is 18. The Hall–Kier alpha value is -11.3. The fourth-order valence-corrected chi connectivity index (χ4v) is 12.9. The van der Waals surface area contributed by atoms with E-state index in [-0.39, 0.29) is 0 Å². The lowest BCUT2D eigenvalue weighted by molar-refractivity contribution is 1.16. The minimum absolute atomic E-state index is 1.06. The molecule has 2 aliphatic rings. The summed E-state index contributed by atoms with van der Waals surface area (Å²) in [5.74, 6) is 0. The molecule has 2 heterocycles. The molecule has 16 rings (SSSR count). The van der Waals surface area contributed by atoms with Crippen LogP contribution in [0, 0.1) is 0 Å². The predicted octanol–water partition coefficient (Wildman–Crippen LogP) is 22.6. The highest BCUT2D eigenvalue weighted by molar-refractivity contribution is 6.27. The van der Waals surface area contributed by atoms with Gasteiger partial charge in [-0.3, -0.25) is 0 Å². The van der Waals surface area contributed by atoms with Crippen LogP contribution >= 0.6 is 0 Å². The molecule has 6 heteroatoms. The monoisotopic (exact) mass is 1070 g/mol. The molecule has 0 N–H and O–H groups in total. The summed E-state index contributed by atoms with van der Waals surface area (Å²) < 4.78 is 0. The Balaban J connectivity index is 0.903. The van der Waals surface area contributed by atoms with E-state index in [9.17, 15) is 0 Å². The lowest BCUT2D eigenvalue weighted by Gasteiger charge is -2.41. The Morgan fingerprint density at radius 3 is 0.750 bits per heavy atom. The Kier molecular flexibility index (Phi) is 11.8. The molecule has 0 atom stereocenters. The summed E-state index contributed by atoms with van der Waals surface area (Å²) in [6.07, 6.45) is 0. The first-order chi connectivity index (χ1) is 41.7. The summed E-state index contributed by atoms with van der Waals surface area (Å²) in [5.41, 5.74) is 19.5. The van der Waals surface area contributed by atoms with Gasteiger partial charge in [-0.15, -0.1) is 0 Å². The highest BCUT2D eigenvalue weighted by Gasteiger charge is 2.34. The van der Waals surface area contributed by atoms with Gasteiger partial charge in [-0.25, -0.2) is 0 Å². The van der Waals surface area contributed by atoms with E-state index in [1.54, 1.807) is 0 Å². The quantitative estimate of drug-likeness (QED) is 0.126. The van der Waals surface area contributed by atoms with Crippen molar-refractivity contribution in [2.24, 2.45) is 0 Å². The molecule has 6 nitrogen and oxygen atoms in total. The molecule has 0 fully saturated rings. The lowest BCUT2D eigenvalue weighted by atomic mass is 9.93. The predicted molar refractivity (Wildman–Crippen MR) is 354 cm³/mol. The van der Waals surface area contributed by atoms with E-state index in [0.29, 0.717) is 0 Å². The maximum Gasteiger partial charge on any atom is 0.0724 e. The van der Waals surface area contributed by atoms with Crippen LogP contribution in [0.25, 0.3) is 32.3 Å². The van der Waals surface area contributed by atoms with Crippen molar-refractivity contribution < 1.29 is 0 Å². The average molecular weight is 1080 g/mol. The minimum atomic E-state index is 1.06. The van der Waals surface area contributed by atoms with Gasteiger partial charge in [0.1, 0.15) is 0 Å². The summed E-state index contributed by atoms with van der Waals surface area (Å²) in [5, 5.41) is 7.21. The zero-order valence-electron chi connectivity index (χ0n) is 45.9. The maximum atomic E-state index is 2.47. The molecule has 2 aliphatic heterocycles. The second-order valence-corrected chi connectivity index (χ2v) is 21.4. The third kappa shape index (κ3) is 8.11. The topological polar surface area (TPSA) is 19.4 Å². The molecule has 0 radical (unpaired) electrons. The molecule has 0 saturated heterocycles. The number of hydrogen-bond acceptors (Lipinski definition) is 6. The van der Waals surface area contributed by atoms with Crippen molar-refractivity contribution >= 4 is 135 Å². The third-order valence-corrected chi connectivity index (χ3v) is 16.5. The van der Waals surface area contributed by atoms with Crippen molar-refractivity contribution in [1.82, 2.24) is 0 Å². The largest absolute Gasteiger partial charge is 0.310 e. The fraction of sp³-hybridized carbons (Fsp3) is 0. The molecule has 0 aliphatic carbocycles. The molecule has 0 bridgehead atoms. The van der Waals surface area contributed by atoms with Gasteiger partial charge in [0.15, 0.2) is 0 Å². The van der Waals surface area contributed by atoms with Crippen LogP contribution in [0.2, 0.25) is 0 Å². The van der Waals surface area contributed by atoms with Crippen molar-refractivity contribution in [3.8, 4) is 0 Å². The molecule has 0 saturated carbocycles. The number of para-hydroxylation sites is 10. The SMILES string of the molecule is c1ccc(N(c2ccccc2)c2ccc3c(c2)N(c2ccccc2)c2ccccc2N3c2ccc3c4ccccc4c4ccc(N5c6ccccc6N(c6ccccc6)c6cc(N(c7ccccc7)c7ccccc7)ccc65)cc4c3c2)cc1. The van der Waals surface area contributed by atoms with Crippen LogP contribution in [0.3, 0.4) is 0 Å². The van der Waals surface area contributed by atoms with E-state index < -0.39 is 0 Å². The van der Waals surface area contributed by atoms with Crippen molar-refractivity contribution in [3.05, 3.63) is 328 Å². The smallest absolute Gasteiger partial charge is 0.0724 e. The summed E-state index contributed by atoms with van der Waals surface area (Å²) in [6.45, 7) is 0. The molecule has 0 aromatic heterocycles. The van der Waals surface area contributed by atoms with E-state index in [1.807, 2.05) is 0 Å². The lowest BCUT2D eigenvalue weighted by Crippen LogP contribution is -2.24. The van der Waals surface area contributed by atoms with Crippen molar-refractivity contribution in [2.75, 3.05) is 29.4 Å². The molecule has 0 spiro atoms. The zero-order chi connectivity index (χ0) is 55.5. The van der Waals surface area contributed by atoms with E-state index in [2.05, 4.69) is 357 Å². The molecule has 396 valence electrons. The first-order valence-electron chi connectivity index (χ1n) is 28.7. The fourth-order valence-electron chi connectivity index (χ4n) is 12.9. The van der Waals surface area contributed by atoms with Crippen LogP contribution in [0.4, 0.5) is 102 Å². The summed E-state index contributed by atoms with van der Waals surface area (Å²) >= 11 is 0. The minimum Gasteiger partial charge on any atom is -0.310 e. The van der Waals surface area contributed by atoms with Crippen LogP contribution < -0.4 is 29.4 Å². The van der Waals surface area contributed by atoms with E-state index in [0.717, 1.165) is 102 Å². The van der Waals surface area contributed by atoms with Gasteiger partial charge in [0.05, 0.1) is 45.5 Å².